The summed E-state index contributed by atoms with van der Waals surface area (Å²) in [5.74, 6) is 1.77. The van der Waals surface area contributed by atoms with Gasteiger partial charge < -0.3 is 8.98 Å². The first-order chi connectivity index (χ1) is 28.7. The molecule has 0 saturated carbocycles. The van der Waals surface area contributed by atoms with Crippen LogP contribution in [0, 0.1) is 0 Å². The molecule has 5 nitrogen and oxygen atoms in total. The van der Waals surface area contributed by atoms with Crippen LogP contribution in [0.5, 0.6) is 0 Å². The first kappa shape index (κ1) is 32.4. The smallest absolute Gasteiger partial charge is 0.167 e. The normalized spacial score (nSPS) is 11.8. The predicted octanol–water partition coefficient (Wildman–Crippen LogP) is 13.8. The van der Waals surface area contributed by atoms with Crippen molar-refractivity contribution in [2.75, 3.05) is 0 Å². The molecule has 0 aliphatic carbocycles. The molecule has 0 fully saturated rings. The van der Waals surface area contributed by atoms with Gasteiger partial charge in [-0.25, -0.2) is 15.0 Å². The van der Waals surface area contributed by atoms with Gasteiger partial charge in [-0.3, -0.25) is 0 Å². The van der Waals surface area contributed by atoms with Crippen molar-refractivity contribution in [2.24, 2.45) is 0 Å². The first-order valence-electron chi connectivity index (χ1n) is 19.5. The van der Waals surface area contributed by atoms with E-state index >= 15 is 0 Å². The number of furan rings is 1. The summed E-state index contributed by atoms with van der Waals surface area (Å²) in [6.07, 6.45) is 0. The second-order valence-corrected chi connectivity index (χ2v) is 14.8. The van der Waals surface area contributed by atoms with Crippen LogP contribution < -0.4 is 0 Å². The molecule has 9 aromatic carbocycles. The zero-order chi connectivity index (χ0) is 38.2. The molecule has 5 heteroatoms. The van der Waals surface area contributed by atoms with Crippen LogP contribution in [0.15, 0.2) is 199 Å². The number of hydrogen-bond donors (Lipinski definition) is 0. The van der Waals surface area contributed by atoms with Crippen LogP contribution in [0.3, 0.4) is 0 Å². The largest absolute Gasteiger partial charge is 0.455 e. The quantitative estimate of drug-likeness (QED) is 0.165. The Hall–Kier alpha value is -7.89. The van der Waals surface area contributed by atoms with Gasteiger partial charge in [-0.1, -0.05) is 152 Å². The van der Waals surface area contributed by atoms with Gasteiger partial charge in [-0.2, -0.15) is 0 Å². The summed E-state index contributed by atoms with van der Waals surface area (Å²) in [6, 6.07) is 68.0. The highest BCUT2D eigenvalue weighted by Gasteiger charge is 2.20. The Kier molecular flexibility index (Phi) is 7.16. The van der Waals surface area contributed by atoms with Gasteiger partial charge in [0.05, 0.1) is 16.6 Å². The number of aromatic nitrogens is 4. The van der Waals surface area contributed by atoms with Crippen molar-refractivity contribution in [2.45, 2.75) is 0 Å². The highest BCUT2D eigenvalue weighted by Crippen LogP contribution is 2.41. The minimum atomic E-state index is 0.559. The van der Waals surface area contributed by atoms with Crippen LogP contribution in [0.2, 0.25) is 0 Å². The Morgan fingerprint density at radius 1 is 0.362 bits per heavy atom. The summed E-state index contributed by atoms with van der Waals surface area (Å²) >= 11 is 0. The van der Waals surface area contributed by atoms with Crippen LogP contribution in [0.25, 0.3) is 116 Å². The van der Waals surface area contributed by atoms with Crippen LogP contribution >= 0.6 is 0 Å². The first-order valence-corrected chi connectivity index (χ1v) is 19.5. The minimum Gasteiger partial charge on any atom is -0.455 e. The molecule has 0 unspecified atom stereocenters. The molecular formula is C53H32N4O. The molecule has 3 aromatic heterocycles. The summed E-state index contributed by atoms with van der Waals surface area (Å²) in [4.78, 5) is 15.3. The second-order valence-electron chi connectivity index (χ2n) is 14.8. The lowest BCUT2D eigenvalue weighted by molar-refractivity contribution is 0.669. The molecule has 0 aliphatic heterocycles. The molecule has 270 valence electrons. The maximum absolute atomic E-state index is 6.87. The zero-order valence-corrected chi connectivity index (χ0v) is 31.2. The molecule has 58 heavy (non-hydrogen) atoms. The number of nitrogens with zero attached hydrogens (tertiary/aromatic N) is 4. The third-order valence-electron chi connectivity index (χ3n) is 11.4. The van der Waals surface area contributed by atoms with Crippen LogP contribution in [0.1, 0.15) is 0 Å². The maximum Gasteiger partial charge on any atom is 0.167 e. The molecule has 0 amide bonds. The number of hydrogen-bond acceptors (Lipinski definition) is 4. The summed E-state index contributed by atoms with van der Waals surface area (Å²) in [5.41, 5.74) is 9.92. The SMILES string of the molecule is c1ccc(-c2nc(-c3ccc4c(ccc5ccccc54)c3)nc(-c3cccc4c3oc3cc(-n5c6ccccc6c6c(-c7ccccc7)cccc65)ccc34)n2)cc1. The third-order valence-corrected chi connectivity index (χ3v) is 11.4. The third kappa shape index (κ3) is 5.07. The van der Waals surface area contributed by atoms with E-state index in [0.29, 0.717) is 17.5 Å². The molecule has 0 bridgehead atoms. The van der Waals surface area contributed by atoms with Crippen molar-refractivity contribution in [1.29, 1.82) is 0 Å². The fourth-order valence-corrected chi connectivity index (χ4v) is 8.75. The highest BCUT2D eigenvalue weighted by molar-refractivity contribution is 6.16. The number of para-hydroxylation sites is 2. The average molecular weight is 741 g/mol. The van der Waals surface area contributed by atoms with Crippen molar-refractivity contribution in [3.05, 3.63) is 194 Å². The van der Waals surface area contributed by atoms with Gasteiger partial charge in [0.1, 0.15) is 11.2 Å². The lowest BCUT2D eigenvalue weighted by atomic mass is 9.99. The molecule has 12 aromatic rings. The highest BCUT2D eigenvalue weighted by atomic mass is 16.3. The molecule has 0 aliphatic rings. The fraction of sp³-hybridized carbons (Fsp3) is 0. The fourth-order valence-electron chi connectivity index (χ4n) is 8.75. The van der Waals surface area contributed by atoms with Gasteiger partial charge in [0.25, 0.3) is 0 Å². The molecule has 0 N–H and O–H groups in total. The van der Waals surface area contributed by atoms with Gasteiger partial charge in [0.2, 0.25) is 0 Å². The molecule has 3 heterocycles. The Labute approximate surface area is 333 Å². The van der Waals surface area contributed by atoms with E-state index in [4.69, 9.17) is 19.4 Å². The van der Waals surface area contributed by atoms with Crippen LogP contribution in [0.4, 0.5) is 0 Å². The van der Waals surface area contributed by atoms with Gasteiger partial charge >= 0.3 is 0 Å². The van der Waals surface area contributed by atoms with Crippen molar-refractivity contribution < 1.29 is 4.42 Å². The van der Waals surface area contributed by atoms with Crippen molar-refractivity contribution >= 4 is 65.3 Å². The summed E-state index contributed by atoms with van der Waals surface area (Å²) < 4.78 is 9.22. The topological polar surface area (TPSA) is 56.7 Å². The Bertz CT molecular complexity index is 3570. The molecular weight excluding hydrogens is 709 g/mol. The van der Waals surface area contributed by atoms with E-state index in [1.54, 1.807) is 0 Å². The lowest BCUT2D eigenvalue weighted by Gasteiger charge is -2.10. The van der Waals surface area contributed by atoms with Gasteiger partial charge in [0, 0.05) is 44.4 Å². The molecule has 12 rings (SSSR count). The summed E-state index contributed by atoms with van der Waals surface area (Å²) in [6.45, 7) is 0. The lowest BCUT2D eigenvalue weighted by Crippen LogP contribution is -2.00. The van der Waals surface area contributed by atoms with E-state index < -0.39 is 0 Å². The van der Waals surface area contributed by atoms with Gasteiger partial charge in [0.15, 0.2) is 17.5 Å². The molecule has 0 spiro atoms. The van der Waals surface area contributed by atoms with E-state index in [9.17, 15) is 0 Å². The van der Waals surface area contributed by atoms with E-state index in [1.807, 2.05) is 36.4 Å². The van der Waals surface area contributed by atoms with E-state index in [1.165, 1.54) is 38.1 Å². The van der Waals surface area contributed by atoms with Crippen molar-refractivity contribution in [3.63, 3.8) is 0 Å². The minimum absolute atomic E-state index is 0.559. The monoisotopic (exact) mass is 740 g/mol. The number of benzene rings is 9. The molecule has 0 radical (unpaired) electrons. The van der Waals surface area contributed by atoms with E-state index in [-0.39, 0.29) is 0 Å². The molecule has 0 saturated heterocycles. The van der Waals surface area contributed by atoms with E-state index in [0.717, 1.165) is 60.7 Å². The Balaban J connectivity index is 1.03. The van der Waals surface area contributed by atoms with E-state index in [2.05, 4.69) is 162 Å². The summed E-state index contributed by atoms with van der Waals surface area (Å²) in [7, 11) is 0. The average Bonchev–Trinajstić information content (AvgIpc) is 3.85. The standard InChI is InChI=1S/C53H32N4O/c1-3-13-33(14-4-1)41-20-12-24-47-49(41)44-19-9-10-23-46(44)57(47)38-28-30-42-43-21-11-22-45(50(43)58-48(42)32-38)53-55-51(35-16-5-2-6-17-35)54-52(56-53)37-27-29-40-36(31-37)26-25-34-15-7-8-18-39(34)40/h1-32H. The Morgan fingerprint density at radius 3 is 1.84 bits per heavy atom. The van der Waals surface area contributed by atoms with Crippen molar-refractivity contribution in [3.8, 4) is 51.0 Å². The number of fused-ring (bicyclic) bond motifs is 9. The number of rotatable bonds is 5. The second kappa shape index (κ2) is 12.8. The summed E-state index contributed by atoms with van der Waals surface area (Å²) in [5, 5.41) is 9.26. The molecule has 0 atom stereocenters. The predicted molar refractivity (Wildman–Crippen MR) is 238 cm³/mol. The maximum atomic E-state index is 6.87. The van der Waals surface area contributed by atoms with Gasteiger partial charge in [-0.05, 0) is 69.1 Å². The van der Waals surface area contributed by atoms with Gasteiger partial charge in [-0.15, -0.1) is 0 Å². The Morgan fingerprint density at radius 2 is 0.983 bits per heavy atom. The van der Waals surface area contributed by atoms with Crippen LogP contribution in [-0.4, -0.2) is 19.5 Å². The van der Waals surface area contributed by atoms with Crippen molar-refractivity contribution in [1.82, 2.24) is 19.5 Å². The zero-order valence-electron chi connectivity index (χ0n) is 31.2. The van der Waals surface area contributed by atoms with Crippen LogP contribution in [-0.2, 0) is 0 Å².